The minimum Gasteiger partial charge on any atom is -0.336 e. The number of hydrogen-bond acceptors (Lipinski definition) is 4. The smallest absolute Gasteiger partial charge is 0.225 e. The number of hydrogen-bond donors (Lipinski definition) is 0. The molecule has 3 nitrogen and oxygen atoms in total. The van der Waals surface area contributed by atoms with Gasteiger partial charge in [-0.1, -0.05) is 6.07 Å². The molecule has 17 heavy (non-hydrogen) atoms. The van der Waals surface area contributed by atoms with Crippen molar-refractivity contribution >= 4 is 28.9 Å². The quantitative estimate of drug-likeness (QED) is 0.795. The monoisotopic (exact) mass is 267 g/mol. The van der Waals surface area contributed by atoms with Crippen molar-refractivity contribution in [2.24, 2.45) is 0 Å². The first-order chi connectivity index (χ1) is 8.22. The average molecular weight is 268 g/mol. The molecular formula is C12H14ClN3S. The normalized spacial score (nSPS) is 12.4. The molecule has 0 amide bonds. The molecule has 0 fully saturated rings. The van der Waals surface area contributed by atoms with Crippen molar-refractivity contribution in [1.82, 2.24) is 9.97 Å². The standard InChI is InChI=1S/C12H14ClN3S/c1-9(11-4-3-5-17-11)16(2)12-14-7-10(6-13)8-15-12/h3-5,7-9H,6H2,1-2H3. The van der Waals surface area contributed by atoms with Crippen LogP contribution in [-0.4, -0.2) is 17.0 Å². The van der Waals surface area contributed by atoms with Gasteiger partial charge in [-0.2, -0.15) is 0 Å². The first-order valence-electron chi connectivity index (χ1n) is 5.35. The van der Waals surface area contributed by atoms with Gasteiger partial charge in [-0.3, -0.25) is 0 Å². The Morgan fingerprint density at radius 2 is 2.12 bits per heavy atom. The van der Waals surface area contributed by atoms with Gasteiger partial charge >= 0.3 is 0 Å². The fourth-order valence-electron chi connectivity index (χ4n) is 1.49. The lowest BCUT2D eigenvalue weighted by Gasteiger charge is -2.23. The predicted molar refractivity (Wildman–Crippen MR) is 72.7 cm³/mol. The Hall–Kier alpha value is -1.13. The predicted octanol–water partition coefficient (Wildman–Crippen LogP) is 3.47. The summed E-state index contributed by atoms with van der Waals surface area (Å²) < 4.78 is 0. The molecule has 0 bridgehead atoms. The number of thiophene rings is 1. The first kappa shape index (κ1) is 12.3. The summed E-state index contributed by atoms with van der Waals surface area (Å²) in [6, 6.07) is 4.46. The van der Waals surface area contributed by atoms with E-state index >= 15 is 0 Å². The molecule has 0 aromatic carbocycles. The Morgan fingerprint density at radius 3 is 2.65 bits per heavy atom. The van der Waals surface area contributed by atoms with Crippen LogP contribution in [0.25, 0.3) is 0 Å². The molecule has 0 radical (unpaired) electrons. The van der Waals surface area contributed by atoms with Gasteiger partial charge in [0.2, 0.25) is 5.95 Å². The van der Waals surface area contributed by atoms with Gasteiger partial charge in [0, 0.05) is 29.9 Å². The molecule has 90 valence electrons. The molecular weight excluding hydrogens is 254 g/mol. The van der Waals surface area contributed by atoms with Gasteiger partial charge in [0.1, 0.15) is 0 Å². The maximum atomic E-state index is 5.71. The third-order valence-electron chi connectivity index (χ3n) is 2.70. The van der Waals surface area contributed by atoms with Gasteiger partial charge in [-0.15, -0.1) is 22.9 Å². The van der Waals surface area contributed by atoms with Crippen LogP contribution in [0.1, 0.15) is 23.4 Å². The van der Waals surface area contributed by atoms with Gasteiger partial charge in [-0.05, 0) is 18.4 Å². The van der Waals surface area contributed by atoms with E-state index in [9.17, 15) is 0 Å². The number of anilines is 1. The zero-order valence-electron chi connectivity index (χ0n) is 9.80. The molecule has 0 aliphatic heterocycles. The highest BCUT2D eigenvalue weighted by Gasteiger charge is 2.15. The second-order valence-corrected chi connectivity index (χ2v) is 5.07. The van der Waals surface area contributed by atoms with Crippen molar-refractivity contribution in [2.75, 3.05) is 11.9 Å². The van der Waals surface area contributed by atoms with Crippen LogP contribution in [0.4, 0.5) is 5.95 Å². The van der Waals surface area contributed by atoms with E-state index < -0.39 is 0 Å². The Kier molecular flexibility index (Phi) is 3.97. The number of aromatic nitrogens is 2. The summed E-state index contributed by atoms with van der Waals surface area (Å²) in [5.41, 5.74) is 0.938. The van der Waals surface area contributed by atoms with Crippen LogP contribution in [0.5, 0.6) is 0 Å². The highest BCUT2D eigenvalue weighted by atomic mass is 35.5. The molecule has 0 aliphatic carbocycles. The third kappa shape index (κ3) is 2.76. The zero-order chi connectivity index (χ0) is 12.3. The van der Waals surface area contributed by atoms with Crippen LogP contribution < -0.4 is 4.90 Å². The molecule has 1 atom stereocenters. The van der Waals surface area contributed by atoms with Gasteiger partial charge in [0.15, 0.2) is 0 Å². The molecule has 0 saturated heterocycles. The Bertz CT molecular complexity index is 455. The second-order valence-electron chi connectivity index (χ2n) is 3.83. The molecule has 0 saturated carbocycles. The van der Waals surface area contributed by atoms with E-state index in [4.69, 9.17) is 11.6 Å². The Labute approximate surface area is 110 Å². The van der Waals surface area contributed by atoms with Gasteiger partial charge in [-0.25, -0.2) is 9.97 Å². The van der Waals surface area contributed by atoms with Crippen molar-refractivity contribution in [3.8, 4) is 0 Å². The Morgan fingerprint density at radius 1 is 1.41 bits per heavy atom. The molecule has 5 heteroatoms. The summed E-state index contributed by atoms with van der Waals surface area (Å²) in [5.74, 6) is 1.17. The summed E-state index contributed by atoms with van der Waals surface area (Å²) in [7, 11) is 2.00. The molecule has 2 rings (SSSR count). The van der Waals surface area contributed by atoms with Crippen molar-refractivity contribution in [3.05, 3.63) is 40.3 Å². The SMILES string of the molecule is CC(c1cccs1)N(C)c1ncc(CCl)cn1. The van der Waals surface area contributed by atoms with E-state index in [0.29, 0.717) is 5.88 Å². The lowest BCUT2D eigenvalue weighted by Crippen LogP contribution is -2.23. The summed E-state index contributed by atoms with van der Waals surface area (Å²) in [4.78, 5) is 12.0. The largest absolute Gasteiger partial charge is 0.336 e. The van der Waals surface area contributed by atoms with Crippen LogP contribution in [-0.2, 0) is 5.88 Å². The van der Waals surface area contributed by atoms with Crippen molar-refractivity contribution in [2.45, 2.75) is 18.8 Å². The van der Waals surface area contributed by atoms with E-state index in [1.54, 1.807) is 23.7 Å². The summed E-state index contributed by atoms with van der Waals surface area (Å²) in [6.45, 7) is 2.14. The van der Waals surface area contributed by atoms with E-state index in [-0.39, 0.29) is 6.04 Å². The van der Waals surface area contributed by atoms with Crippen molar-refractivity contribution < 1.29 is 0 Å². The zero-order valence-corrected chi connectivity index (χ0v) is 11.4. The van der Waals surface area contributed by atoms with Gasteiger partial charge in [0.05, 0.1) is 11.9 Å². The fourth-order valence-corrected chi connectivity index (χ4v) is 2.46. The molecule has 0 spiro atoms. The Balaban J connectivity index is 2.16. The molecule has 2 heterocycles. The van der Waals surface area contributed by atoms with E-state index in [1.807, 2.05) is 7.05 Å². The lowest BCUT2D eigenvalue weighted by atomic mass is 10.2. The van der Waals surface area contributed by atoms with Crippen LogP contribution in [0.15, 0.2) is 29.9 Å². The minimum atomic E-state index is 0.275. The summed E-state index contributed by atoms with van der Waals surface area (Å²) in [6.07, 6.45) is 3.54. The minimum absolute atomic E-state index is 0.275. The van der Waals surface area contributed by atoms with Gasteiger partial charge < -0.3 is 4.90 Å². The highest BCUT2D eigenvalue weighted by Crippen LogP contribution is 2.25. The van der Waals surface area contributed by atoms with Crippen molar-refractivity contribution in [3.63, 3.8) is 0 Å². The fraction of sp³-hybridized carbons (Fsp3) is 0.333. The number of nitrogens with zero attached hydrogens (tertiary/aromatic N) is 3. The highest BCUT2D eigenvalue weighted by molar-refractivity contribution is 7.10. The van der Waals surface area contributed by atoms with E-state index in [1.165, 1.54) is 4.88 Å². The van der Waals surface area contributed by atoms with E-state index in [0.717, 1.165) is 11.5 Å². The molecule has 1 unspecified atom stereocenters. The average Bonchev–Trinajstić information content (AvgIpc) is 2.91. The first-order valence-corrected chi connectivity index (χ1v) is 6.77. The lowest BCUT2D eigenvalue weighted by molar-refractivity contribution is 0.726. The maximum absolute atomic E-state index is 5.71. The van der Waals surface area contributed by atoms with Crippen LogP contribution >= 0.6 is 22.9 Å². The van der Waals surface area contributed by atoms with Crippen LogP contribution in [0, 0.1) is 0 Å². The number of halogens is 1. The van der Waals surface area contributed by atoms with Gasteiger partial charge in [0.25, 0.3) is 0 Å². The maximum Gasteiger partial charge on any atom is 0.225 e. The topological polar surface area (TPSA) is 29.0 Å². The molecule has 0 aliphatic rings. The molecule has 2 aromatic heterocycles. The number of rotatable bonds is 4. The van der Waals surface area contributed by atoms with Crippen LogP contribution in [0.2, 0.25) is 0 Å². The number of alkyl halides is 1. The summed E-state index contributed by atoms with van der Waals surface area (Å²) >= 11 is 7.45. The molecule has 2 aromatic rings. The summed E-state index contributed by atoms with van der Waals surface area (Å²) in [5, 5.41) is 2.08. The van der Waals surface area contributed by atoms with E-state index in [2.05, 4.69) is 39.3 Å². The molecule has 0 N–H and O–H groups in total. The second kappa shape index (κ2) is 5.47. The van der Waals surface area contributed by atoms with Crippen molar-refractivity contribution in [1.29, 1.82) is 0 Å². The third-order valence-corrected chi connectivity index (χ3v) is 4.05. The van der Waals surface area contributed by atoms with Crippen LogP contribution in [0.3, 0.4) is 0 Å².